The number of nitrogens with one attached hydrogen (secondary N) is 1. The summed E-state index contributed by atoms with van der Waals surface area (Å²) in [6.45, 7) is 7.82. The summed E-state index contributed by atoms with van der Waals surface area (Å²) in [6, 6.07) is 0.124. The van der Waals surface area contributed by atoms with Gasteiger partial charge in [0.25, 0.3) is 0 Å². The number of rotatable bonds is 5. The second-order valence-electron chi connectivity index (χ2n) is 3.40. The second-order valence-corrected chi connectivity index (χ2v) is 3.40. The third-order valence-corrected chi connectivity index (χ3v) is 1.98. The van der Waals surface area contributed by atoms with Crippen LogP contribution >= 0.6 is 0 Å². The van der Waals surface area contributed by atoms with Gasteiger partial charge in [0.15, 0.2) is 0 Å². The summed E-state index contributed by atoms with van der Waals surface area (Å²) < 4.78 is 2.06. The average Bonchev–Trinajstić information content (AvgIpc) is 2.47. The summed E-state index contributed by atoms with van der Waals surface area (Å²) in [7, 11) is 0. The van der Waals surface area contributed by atoms with Gasteiger partial charge in [0.05, 0.1) is 0 Å². The monoisotopic (exact) mass is 197 g/mol. The summed E-state index contributed by atoms with van der Waals surface area (Å²) in [5.74, 6) is 1.80. The molecule has 1 atom stereocenters. The van der Waals surface area contributed by atoms with Crippen LogP contribution in [0.5, 0.6) is 0 Å². The molecular weight excluding hydrogens is 178 g/mol. The van der Waals surface area contributed by atoms with Crippen molar-refractivity contribution >= 4 is 5.95 Å². The van der Waals surface area contributed by atoms with E-state index in [4.69, 9.17) is 5.73 Å². The van der Waals surface area contributed by atoms with E-state index in [1.54, 1.807) is 0 Å². The molecule has 80 valence electrons. The van der Waals surface area contributed by atoms with Crippen molar-refractivity contribution < 1.29 is 0 Å². The summed E-state index contributed by atoms with van der Waals surface area (Å²) >= 11 is 0. The molecule has 0 aliphatic heterocycles. The minimum absolute atomic E-state index is 0.124. The van der Waals surface area contributed by atoms with Gasteiger partial charge in [-0.3, -0.25) is 4.57 Å². The van der Waals surface area contributed by atoms with Gasteiger partial charge in [-0.2, -0.15) is 0 Å². The normalized spacial score (nSPS) is 12.9. The Morgan fingerprint density at radius 1 is 1.43 bits per heavy atom. The molecule has 1 aromatic heterocycles. The molecule has 0 aliphatic rings. The molecule has 14 heavy (non-hydrogen) atoms. The smallest absolute Gasteiger partial charge is 0.224 e. The highest BCUT2D eigenvalue weighted by molar-refractivity contribution is 5.25. The molecule has 0 aromatic carbocycles. The Kier molecular flexibility index (Phi) is 3.88. The van der Waals surface area contributed by atoms with E-state index in [9.17, 15) is 0 Å². The van der Waals surface area contributed by atoms with Crippen molar-refractivity contribution in [3.8, 4) is 0 Å². The van der Waals surface area contributed by atoms with E-state index in [-0.39, 0.29) is 6.04 Å². The van der Waals surface area contributed by atoms with Crippen LogP contribution in [0, 0.1) is 0 Å². The molecule has 5 heteroatoms. The Labute approximate surface area is 84.7 Å². The van der Waals surface area contributed by atoms with E-state index < -0.39 is 0 Å². The number of aromatic nitrogens is 3. The Hall–Kier alpha value is -1.10. The predicted octanol–water partition coefficient (Wildman–Crippen LogP) is 0.619. The summed E-state index contributed by atoms with van der Waals surface area (Å²) in [5.41, 5.74) is 5.73. The van der Waals surface area contributed by atoms with Gasteiger partial charge in [-0.05, 0) is 20.8 Å². The van der Waals surface area contributed by atoms with E-state index in [1.807, 2.05) is 13.8 Å². The SMILES string of the molecule is CCNc1nnc(CC(C)N)n1CC. The molecular formula is C9H19N5. The van der Waals surface area contributed by atoms with E-state index in [1.165, 1.54) is 0 Å². The van der Waals surface area contributed by atoms with Gasteiger partial charge in [-0.1, -0.05) is 0 Å². The number of anilines is 1. The Balaban J connectivity index is 2.83. The Bertz CT molecular complexity index is 279. The highest BCUT2D eigenvalue weighted by atomic mass is 15.3. The standard InChI is InChI=1S/C9H19N5/c1-4-11-9-13-12-8(6-7(3)10)14(9)5-2/h7H,4-6,10H2,1-3H3,(H,11,13). The van der Waals surface area contributed by atoms with Crippen LogP contribution in [-0.2, 0) is 13.0 Å². The maximum absolute atomic E-state index is 5.73. The quantitative estimate of drug-likeness (QED) is 0.726. The highest BCUT2D eigenvalue weighted by Gasteiger charge is 2.10. The van der Waals surface area contributed by atoms with Crippen LogP contribution in [0.4, 0.5) is 5.95 Å². The van der Waals surface area contributed by atoms with Crippen LogP contribution in [0.25, 0.3) is 0 Å². The van der Waals surface area contributed by atoms with E-state index in [0.29, 0.717) is 0 Å². The van der Waals surface area contributed by atoms with Crippen molar-refractivity contribution in [2.75, 3.05) is 11.9 Å². The Morgan fingerprint density at radius 2 is 2.14 bits per heavy atom. The first-order valence-corrected chi connectivity index (χ1v) is 5.10. The van der Waals surface area contributed by atoms with Crippen LogP contribution in [0.1, 0.15) is 26.6 Å². The van der Waals surface area contributed by atoms with Crippen molar-refractivity contribution in [2.24, 2.45) is 5.73 Å². The first-order valence-electron chi connectivity index (χ1n) is 5.10. The topological polar surface area (TPSA) is 68.8 Å². The summed E-state index contributed by atoms with van der Waals surface area (Å²) in [5, 5.41) is 11.4. The third kappa shape index (κ3) is 2.45. The molecule has 1 unspecified atom stereocenters. The second kappa shape index (κ2) is 4.95. The Morgan fingerprint density at radius 3 is 2.64 bits per heavy atom. The lowest BCUT2D eigenvalue weighted by atomic mass is 10.2. The lowest BCUT2D eigenvalue weighted by Gasteiger charge is -2.09. The van der Waals surface area contributed by atoms with Gasteiger partial charge in [0.2, 0.25) is 5.95 Å². The van der Waals surface area contributed by atoms with Crippen molar-refractivity contribution in [1.82, 2.24) is 14.8 Å². The molecule has 1 heterocycles. The molecule has 1 rings (SSSR count). The van der Waals surface area contributed by atoms with Crippen LogP contribution in [0.2, 0.25) is 0 Å². The molecule has 1 aromatic rings. The minimum atomic E-state index is 0.124. The van der Waals surface area contributed by atoms with Crippen LogP contribution in [-0.4, -0.2) is 27.4 Å². The summed E-state index contributed by atoms with van der Waals surface area (Å²) in [6.07, 6.45) is 0.770. The molecule has 0 aliphatic carbocycles. The summed E-state index contributed by atoms with van der Waals surface area (Å²) in [4.78, 5) is 0. The molecule has 0 spiro atoms. The fourth-order valence-electron chi connectivity index (χ4n) is 1.40. The lowest BCUT2D eigenvalue weighted by Crippen LogP contribution is -2.21. The third-order valence-electron chi connectivity index (χ3n) is 1.98. The molecule has 0 radical (unpaired) electrons. The van der Waals surface area contributed by atoms with Gasteiger partial charge < -0.3 is 11.1 Å². The van der Waals surface area contributed by atoms with Gasteiger partial charge in [0.1, 0.15) is 5.82 Å². The number of hydrogen-bond acceptors (Lipinski definition) is 4. The van der Waals surface area contributed by atoms with E-state index in [2.05, 4.69) is 27.0 Å². The zero-order valence-corrected chi connectivity index (χ0v) is 9.12. The molecule has 0 fully saturated rings. The minimum Gasteiger partial charge on any atom is -0.355 e. The van der Waals surface area contributed by atoms with Crippen molar-refractivity contribution in [3.05, 3.63) is 5.82 Å². The van der Waals surface area contributed by atoms with Crippen molar-refractivity contribution in [3.63, 3.8) is 0 Å². The average molecular weight is 197 g/mol. The van der Waals surface area contributed by atoms with Crippen LogP contribution in [0.15, 0.2) is 0 Å². The van der Waals surface area contributed by atoms with E-state index >= 15 is 0 Å². The van der Waals surface area contributed by atoms with Crippen molar-refractivity contribution in [2.45, 2.75) is 39.8 Å². The predicted molar refractivity (Wildman–Crippen MR) is 57.2 cm³/mol. The number of hydrogen-bond donors (Lipinski definition) is 2. The van der Waals surface area contributed by atoms with Gasteiger partial charge >= 0.3 is 0 Å². The first kappa shape index (κ1) is 11.0. The maximum atomic E-state index is 5.73. The number of nitrogens with two attached hydrogens (primary N) is 1. The fraction of sp³-hybridized carbons (Fsp3) is 0.778. The molecule has 0 amide bonds. The molecule has 0 saturated carbocycles. The van der Waals surface area contributed by atoms with Gasteiger partial charge in [0, 0.05) is 25.6 Å². The maximum Gasteiger partial charge on any atom is 0.224 e. The van der Waals surface area contributed by atoms with Crippen LogP contribution in [0.3, 0.4) is 0 Å². The fourth-order valence-corrected chi connectivity index (χ4v) is 1.40. The van der Waals surface area contributed by atoms with Crippen molar-refractivity contribution in [1.29, 1.82) is 0 Å². The van der Waals surface area contributed by atoms with Gasteiger partial charge in [-0.15, -0.1) is 10.2 Å². The molecule has 3 N–H and O–H groups in total. The molecule has 0 bridgehead atoms. The first-order chi connectivity index (χ1) is 6.69. The lowest BCUT2D eigenvalue weighted by molar-refractivity contribution is 0.639. The highest BCUT2D eigenvalue weighted by Crippen LogP contribution is 2.08. The molecule has 0 saturated heterocycles. The zero-order valence-electron chi connectivity index (χ0n) is 9.12. The van der Waals surface area contributed by atoms with E-state index in [0.717, 1.165) is 31.3 Å². The van der Waals surface area contributed by atoms with Crippen LogP contribution < -0.4 is 11.1 Å². The molecule has 5 nitrogen and oxygen atoms in total. The largest absolute Gasteiger partial charge is 0.355 e. The number of nitrogens with zero attached hydrogens (tertiary/aromatic N) is 3. The van der Waals surface area contributed by atoms with Gasteiger partial charge in [-0.25, -0.2) is 0 Å². The zero-order chi connectivity index (χ0) is 10.6.